The van der Waals surface area contributed by atoms with Gasteiger partial charge in [-0.15, -0.1) is 5.10 Å². The molecular weight excluding hydrogens is 230 g/mol. The van der Waals surface area contributed by atoms with Crippen LogP contribution in [0.15, 0.2) is 5.38 Å². The Morgan fingerprint density at radius 3 is 2.62 bits per heavy atom. The van der Waals surface area contributed by atoms with Crippen LogP contribution in [0.1, 0.15) is 23.3 Å². The predicted molar refractivity (Wildman–Crippen MR) is 56.2 cm³/mol. The fraction of sp³-hybridized carbons (Fsp3) is 0.556. The average Bonchev–Trinajstić information content (AvgIpc) is 2.81. The number of aliphatic carboxylic acids is 1. The number of hydrogen-bond acceptors (Lipinski definition) is 5. The van der Waals surface area contributed by atoms with E-state index in [1.54, 1.807) is 10.3 Å². The van der Waals surface area contributed by atoms with Crippen molar-refractivity contribution in [3.8, 4) is 0 Å². The molecule has 2 heterocycles. The van der Waals surface area contributed by atoms with Gasteiger partial charge in [-0.1, -0.05) is 4.49 Å². The highest BCUT2D eigenvalue weighted by Crippen LogP contribution is 2.18. The van der Waals surface area contributed by atoms with Gasteiger partial charge in [0.1, 0.15) is 0 Å². The van der Waals surface area contributed by atoms with E-state index in [1.165, 1.54) is 0 Å². The lowest BCUT2D eigenvalue weighted by molar-refractivity contribution is -0.143. The first-order valence-electron chi connectivity index (χ1n) is 4.97. The summed E-state index contributed by atoms with van der Waals surface area (Å²) in [5, 5.41) is 14.1. The van der Waals surface area contributed by atoms with Crippen LogP contribution in [0, 0.1) is 5.92 Å². The fourth-order valence-electron chi connectivity index (χ4n) is 1.75. The highest BCUT2D eigenvalue weighted by atomic mass is 32.1. The van der Waals surface area contributed by atoms with E-state index in [0.29, 0.717) is 31.6 Å². The lowest BCUT2D eigenvalue weighted by Gasteiger charge is -2.29. The largest absolute Gasteiger partial charge is 0.481 e. The standard InChI is InChI=1S/C9H11N3O3S/c13-8(7-5-16-11-10-7)12-3-1-6(2-4-12)9(14)15/h5-6H,1-4H2,(H,14,15). The third-order valence-corrected chi connectivity index (χ3v) is 3.22. The molecule has 1 aromatic rings. The summed E-state index contributed by atoms with van der Waals surface area (Å²) in [5.41, 5.74) is 0.346. The van der Waals surface area contributed by atoms with E-state index in [2.05, 4.69) is 9.59 Å². The van der Waals surface area contributed by atoms with Crippen molar-refractivity contribution in [2.24, 2.45) is 5.92 Å². The molecule has 86 valence electrons. The average molecular weight is 241 g/mol. The van der Waals surface area contributed by atoms with Gasteiger partial charge in [-0.2, -0.15) is 0 Å². The lowest BCUT2D eigenvalue weighted by Crippen LogP contribution is -2.40. The summed E-state index contributed by atoms with van der Waals surface area (Å²) in [5.74, 6) is -1.25. The van der Waals surface area contributed by atoms with E-state index < -0.39 is 5.97 Å². The SMILES string of the molecule is O=C(O)C1CCN(C(=O)c2csnn2)CC1. The third kappa shape index (κ3) is 2.19. The van der Waals surface area contributed by atoms with Gasteiger partial charge in [-0.3, -0.25) is 9.59 Å². The van der Waals surface area contributed by atoms with Crippen LogP contribution in [0.3, 0.4) is 0 Å². The zero-order valence-electron chi connectivity index (χ0n) is 8.50. The molecule has 0 aliphatic carbocycles. The first-order valence-corrected chi connectivity index (χ1v) is 5.81. The Hall–Kier alpha value is -1.50. The molecule has 1 aromatic heterocycles. The second kappa shape index (κ2) is 4.56. The molecule has 1 N–H and O–H groups in total. The Morgan fingerprint density at radius 2 is 2.12 bits per heavy atom. The number of piperidine rings is 1. The van der Waals surface area contributed by atoms with E-state index in [9.17, 15) is 9.59 Å². The number of aromatic nitrogens is 2. The number of amides is 1. The molecule has 0 unspecified atom stereocenters. The number of carbonyl (C=O) groups excluding carboxylic acids is 1. The number of carboxylic acids is 1. The van der Waals surface area contributed by atoms with Crippen LogP contribution in [0.5, 0.6) is 0 Å². The molecule has 7 heteroatoms. The Bertz CT molecular complexity index is 385. The van der Waals surface area contributed by atoms with Gasteiger partial charge in [-0.25, -0.2) is 0 Å². The van der Waals surface area contributed by atoms with Crippen molar-refractivity contribution in [3.63, 3.8) is 0 Å². The number of nitrogens with zero attached hydrogens (tertiary/aromatic N) is 3. The quantitative estimate of drug-likeness (QED) is 0.814. The molecule has 0 atom stereocenters. The molecular formula is C9H11N3O3S. The van der Waals surface area contributed by atoms with Crippen LogP contribution >= 0.6 is 11.5 Å². The maximum absolute atomic E-state index is 11.8. The Balaban J connectivity index is 1.94. The normalized spacial score (nSPS) is 17.4. The maximum atomic E-state index is 11.8. The van der Waals surface area contributed by atoms with Crippen molar-refractivity contribution in [2.45, 2.75) is 12.8 Å². The van der Waals surface area contributed by atoms with Gasteiger partial charge >= 0.3 is 5.97 Å². The molecule has 1 amide bonds. The molecule has 2 rings (SSSR count). The number of carbonyl (C=O) groups is 2. The van der Waals surface area contributed by atoms with Crippen molar-refractivity contribution < 1.29 is 14.7 Å². The highest BCUT2D eigenvalue weighted by Gasteiger charge is 2.28. The summed E-state index contributed by atoms with van der Waals surface area (Å²) < 4.78 is 3.63. The third-order valence-electron chi connectivity index (χ3n) is 2.71. The number of likely N-dealkylation sites (tertiary alicyclic amines) is 1. The second-order valence-corrected chi connectivity index (χ2v) is 4.30. The van der Waals surface area contributed by atoms with Gasteiger partial charge in [0.25, 0.3) is 5.91 Å². The van der Waals surface area contributed by atoms with Crippen molar-refractivity contribution in [3.05, 3.63) is 11.1 Å². The molecule has 1 fully saturated rings. The zero-order valence-corrected chi connectivity index (χ0v) is 9.31. The van der Waals surface area contributed by atoms with E-state index in [4.69, 9.17) is 5.11 Å². The number of carboxylic acid groups (broad SMARTS) is 1. The summed E-state index contributed by atoms with van der Waals surface area (Å²) >= 11 is 1.13. The van der Waals surface area contributed by atoms with E-state index in [1.807, 2.05) is 0 Å². The van der Waals surface area contributed by atoms with Crippen LogP contribution in [-0.4, -0.2) is 44.6 Å². The second-order valence-electron chi connectivity index (χ2n) is 3.69. The van der Waals surface area contributed by atoms with E-state index in [-0.39, 0.29) is 11.8 Å². The minimum absolute atomic E-state index is 0.155. The molecule has 0 spiro atoms. The Labute approximate surface area is 96.0 Å². The molecule has 6 nitrogen and oxygen atoms in total. The summed E-state index contributed by atoms with van der Waals surface area (Å²) in [6, 6.07) is 0. The Kier molecular flexibility index (Phi) is 3.14. The molecule has 16 heavy (non-hydrogen) atoms. The molecule has 1 saturated heterocycles. The van der Waals surface area contributed by atoms with Crippen LogP contribution in [0.25, 0.3) is 0 Å². The van der Waals surface area contributed by atoms with Gasteiger partial charge in [0.15, 0.2) is 5.69 Å². The molecule has 1 aliphatic rings. The smallest absolute Gasteiger partial charge is 0.306 e. The highest BCUT2D eigenvalue weighted by molar-refractivity contribution is 7.03. The van der Waals surface area contributed by atoms with Crippen molar-refractivity contribution in [1.82, 2.24) is 14.5 Å². The van der Waals surface area contributed by atoms with E-state index >= 15 is 0 Å². The summed E-state index contributed by atoms with van der Waals surface area (Å²) in [4.78, 5) is 24.2. The van der Waals surface area contributed by atoms with Crippen molar-refractivity contribution in [2.75, 3.05) is 13.1 Å². The van der Waals surface area contributed by atoms with Gasteiger partial charge in [0.05, 0.1) is 5.92 Å². The zero-order chi connectivity index (χ0) is 11.5. The summed E-state index contributed by atoms with van der Waals surface area (Å²) in [7, 11) is 0. The van der Waals surface area contributed by atoms with Gasteiger partial charge in [0, 0.05) is 18.5 Å². The number of hydrogen-bond donors (Lipinski definition) is 1. The first-order chi connectivity index (χ1) is 7.68. The monoisotopic (exact) mass is 241 g/mol. The van der Waals surface area contributed by atoms with Crippen LogP contribution in [0.4, 0.5) is 0 Å². The van der Waals surface area contributed by atoms with Crippen LogP contribution < -0.4 is 0 Å². The van der Waals surface area contributed by atoms with Gasteiger partial charge in [-0.05, 0) is 24.4 Å². The Morgan fingerprint density at radius 1 is 1.44 bits per heavy atom. The minimum atomic E-state index is -0.776. The topological polar surface area (TPSA) is 83.4 Å². The van der Waals surface area contributed by atoms with Crippen molar-refractivity contribution in [1.29, 1.82) is 0 Å². The number of rotatable bonds is 2. The fourth-order valence-corrected chi connectivity index (χ4v) is 2.18. The van der Waals surface area contributed by atoms with Crippen LogP contribution in [-0.2, 0) is 4.79 Å². The predicted octanol–water partition coefficient (Wildman–Crippen LogP) is 0.475. The molecule has 0 radical (unpaired) electrons. The summed E-state index contributed by atoms with van der Waals surface area (Å²) in [6.45, 7) is 0.959. The minimum Gasteiger partial charge on any atom is -0.481 e. The molecule has 0 bridgehead atoms. The molecule has 0 saturated carbocycles. The van der Waals surface area contributed by atoms with Crippen molar-refractivity contribution >= 4 is 23.4 Å². The van der Waals surface area contributed by atoms with E-state index in [0.717, 1.165) is 11.5 Å². The molecule has 0 aromatic carbocycles. The maximum Gasteiger partial charge on any atom is 0.306 e. The summed E-state index contributed by atoms with van der Waals surface area (Å²) in [6.07, 6.45) is 1.03. The lowest BCUT2D eigenvalue weighted by atomic mass is 9.97. The van der Waals surface area contributed by atoms with Crippen LogP contribution in [0.2, 0.25) is 0 Å². The molecule has 1 aliphatic heterocycles. The van der Waals surface area contributed by atoms with Gasteiger partial charge in [0.2, 0.25) is 0 Å². The van der Waals surface area contributed by atoms with Gasteiger partial charge < -0.3 is 10.0 Å². The first kappa shape index (κ1) is 11.0.